The Hall–Kier alpha value is -2.52. The molecule has 3 aromatic rings. The lowest BCUT2D eigenvalue weighted by molar-refractivity contribution is 0.159. The fraction of sp³-hybridized carbons (Fsp3) is 0.450. The van der Waals surface area contributed by atoms with Crippen LogP contribution in [-0.2, 0) is 16.4 Å². The fourth-order valence-corrected chi connectivity index (χ4v) is 4.42. The van der Waals surface area contributed by atoms with Crippen LogP contribution in [0.5, 0.6) is 0 Å². The van der Waals surface area contributed by atoms with Gasteiger partial charge in [0.05, 0.1) is 10.3 Å². The highest BCUT2D eigenvalue weighted by atomic mass is 32.2. The molecule has 2 aromatic heterocycles. The Morgan fingerprint density at radius 2 is 1.83 bits per heavy atom. The minimum atomic E-state index is -3.22. The van der Waals surface area contributed by atoms with Crippen molar-refractivity contribution in [3.63, 3.8) is 0 Å². The van der Waals surface area contributed by atoms with Gasteiger partial charge in [0.1, 0.15) is 0 Å². The summed E-state index contributed by atoms with van der Waals surface area (Å²) in [5.41, 5.74) is 1.33. The van der Waals surface area contributed by atoms with Gasteiger partial charge in [-0.2, -0.15) is 10.1 Å². The molecule has 2 heterocycles. The summed E-state index contributed by atoms with van der Waals surface area (Å²) in [6.07, 6.45) is 9.27. The second kappa shape index (κ2) is 8.08. The van der Waals surface area contributed by atoms with Crippen molar-refractivity contribution in [2.45, 2.75) is 37.1 Å². The van der Waals surface area contributed by atoms with Crippen LogP contribution in [0.15, 0.2) is 41.6 Å². The summed E-state index contributed by atoms with van der Waals surface area (Å²) < 4.78 is 25.1. The Balaban J connectivity index is 1.44. The van der Waals surface area contributed by atoms with Gasteiger partial charge in [0.25, 0.3) is 0 Å². The van der Waals surface area contributed by atoms with Gasteiger partial charge in [-0.3, -0.25) is 4.68 Å². The average molecular weight is 416 g/mol. The summed E-state index contributed by atoms with van der Waals surface area (Å²) in [6, 6.07) is 6.48. The van der Waals surface area contributed by atoms with Crippen LogP contribution >= 0.6 is 0 Å². The number of sulfone groups is 1. The maximum Gasteiger partial charge on any atom is 0.229 e. The van der Waals surface area contributed by atoms with Crippen molar-refractivity contribution < 1.29 is 13.5 Å². The van der Waals surface area contributed by atoms with Crippen molar-refractivity contribution in [3.05, 3.63) is 36.7 Å². The van der Waals surface area contributed by atoms with Crippen LogP contribution in [0.1, 0.15) is 25.7 Å². The molecule has 1 saturated carbocycles. The highest BCUT2D eigenvalue weighted by Gasteiger charge is 2.21. The summed E-state index contributed by atoms with van der Waals surface area (Å²) in [6.45, 7) is 1.14. The molecule has 154 valence electrons. The monoisotopic (exact) mass is 415 g/mol. The largest absolute Gasteiger partial charge is 0.396 e. The van der Waals surface area contributed by atoms with E-state index in [9.17, 15) is 13.5 Å². The van der Waals surface area contributed by atoms with E-state index in [0.717, 1.165) is 37.6 Å². The normalized spacial score (nSPS) is 20.1. The first-order chi connectivity index (χ1) is 13.9. The number of nitrogens with zero attached hydrogens (tertiary/aromatic N) is 4. The molecule has 0 bridgehead atoms. The number of aliphatic hydroxyl groups is 1. The summed E-state index contributed by atoms with van der Waals surface area (Å²) >= 11 is 0. The third-order valence-corrected chi connectivity index (χ3v) is 6.64. The smallest absolute Gasteiger partial charge is 0.229 e. The molecule has 1 fully saturated rings. The minimum Gasteiger partial charge on any atom is -0.396 e. The van der Waals surface area contributed by atoms with E-state index in [1.165, 1.54) is 6.26 Å². The van der Waals surface area contributed by atoms with Gasteiger partial charge in [-0.25, -0.2) is 13.4 Å². The second-order valence-corrected chi connectivity index (χ2v) is 9.83. The van der Waals surface area contributed by atoms with E-state index in [0.29, 0.717) is 35.7 Å². The Morgan fingerprint density at radius 1 is 1.14 bits per heavy atom. The zero-order valence-electron chi connectivity index (χ0n) is 16.3. The molecular formula is C20H25N5O3S. The molecule has 0 saturated heterocycles. The maximum atomic E-state index is 11.6. The number of anilines is 2. The van der Waals surface area contributed by atoms with E-state index < -0.39 is 9.84 Å². The first-order valence-corrected chi connectivity index (χ1v) is 11.7. The summed E-state index contributed by atoms with van der Waals surface area (Å²) in [5.74, 6) is 1.44. The highest BCUT2D eigenvalue weighted by Crippen LogP contribution is 2.29. The van der Waals surface area contributed by atoms with Crippen molar-refractivity contribution >= 4 is 32.5 Å². The van der Waals surface area contributed by atoms with E-state index in [1.807, 2.05) is 10.9 Å². The van der Waals surface area contributed by atoms with Crippen LogP contribution in [0, 0.1) is 11.8 Å². The summed E-state index contributed by atoms with van der Waals surface area (Å²) in [7, 11) is -3.22. The molecule has 0 unspecified atom stereocenters. The zero-order chi connectivity index (χ0) is 20.4. The van der Waals surface area contributed by atoms with Crippen molar-refractivity contribution in [2.24, 2.45) is 11.8 Å². The molecule has 1 aliphatic carbocycles. The van der Waals surface area contributed by atoms with Crippen LogP contribution in [0.25, 0.3) is 11.0 Å². The Labute approximate surface area is 169 Å². The molecule has 29 heavy (non-hydrogen) atoms. The van der Waals surface area contributed by atoms with Crippen LogP contribution in [0.4, 0.5) is 11.6 Å². The number of fused-ring (bicyclic) bond motifs is 1. The van der Waals surface area contributed by atoms with E-state index >= 15 is 0 Å². The molecule has 4 rings (SSSR count). The molecule has 8 nitrogen and oxygen atoms in total. The van der Waals surface area contributed by atoms with Crippen molar-refractivity contribution in [3.8, 4) is 0 Å². The third kappa shape index (κ3) is 4.73. The van der Waals surface area contributed by atoms with Crippen molar-refractivity contribution in [2.75, 3.05) is 18.2 Å². The van der Waals surface area contributed by atoms with E-state index in [1.54, 1.807) is 30.5 Å². The Morgan fingerprint density at radius 3 is 2.48 bits per heavy atom. The molecule has 9 heteroatoms. The fourth-order valence-electron chi connectivity index (χ4n) is 3.79. The molecule has 2 N–H and O–H groups in total. The van der Waals surface area contributed by atoms with Crippen LogP contribution in [0.2, 0.25) is 0 Å². The van der Waals surface area contributed by atoms with Gasteiger partial charge in [-0.15, -0.1) is 0 Å². The van der Waals surface area contributed by atoms with Crippen LogP contribution in [0.3, 0.4) is 0 Å². The van der Waals surface area contributed by atoms with Crippen LogP contribution in [-0.4, -0.2) is 46.1 Å². The number of rotatable bonds is 6. The molecule has 0 radical (unpaired) electrons. The maximum absolute atomic E-state index is 11.6. The van der Waals surface area contributed by atoms with Gasteiger partial charge in [-0.05, 0) is 61.8 Å². The first-order valence-electron chi connectivity index (χ1n) is 9.79. The quantitative estimate of drug-likeness (QED) is 0.637. The molecule has 0 amide bonds. The number of aliphatic hydroxyl groups excluding tert-OH is 1. The molecule has 1 aromatic carbocycles. The summed E-state index contributed by atoms with van der Waals surface area (Å²) in [5, 5.41) is 17.8. The number of benzene rings is 1. The highest BCUT2D eigenvalue weighted by molar-refractivity contribution is 7.90. The van der Waals surface area contributed by atoms with Gasteiger partial charge in [0.2, 0.25) is 5.95 Å². The predicted molar refractivity (Wildman–Crippen MR) is 111 cm³/mol. The lowest BCUT2D eigenvalue weighted by Crippen LogP contribution is -2.21. The number of aromatic nitrogens is 4. The Bertz CT molecular complexity index is 1090. The SMILES string of the molecule is CS(=O)(=O)c1ccc(Nc2ncc3cn(CC4CCC(CO)CC4)nc3n2)cc1. The topological polar surface area (TPSA) is 110 Å². The van der Waals surface area contributed by atoms with Gasteiger partial charge >= 0.3 is 0 Å². The minimum absolute atomic E-state index is 0.270. The van der Waals surface area contributed by atoms with Crippen LogP contribution < -0.4 is 5.32 Å². The Kier molecular flexibility index (Phi) is 5.51. The van der Waals surface area contributed by atoms with E-state index in [2.05, 4.69) is 20.4 Å². The summed E-state index contributed by atoms with van der Waals surface area (Å²) in [4.78, 5) is 9.08. The number of hydrogen-bond donors (Lipinski definition) is 2. The zero-order valence-corrected chi connectivity index (χ0v) is 17.1. The first kappa shape index (κ1) is 19.8. The molecule has 0 atom stereocenters. The van der Waals surface area contributed by atoms with Gasteiger partial charge < -0.3 is 10.4 Å². The third-order valence-electron chi connectivity index (χ3n) is 5.52. The van der Waals surface area contributed by atoms with Crippen molar-refractivity contribution in [1.82, 2.24) is 19.7 Å². The lowest BCUT2D eigenvalue weighted by atomic mass is 9.82. The van der Waals surface area contributed by atoms with Gasteiger partial charge in [0, 0.05) is 37.5 Å². The van der Waals surface area contributed by atoms with Crippen molar-refractivity contribution in [1.29, 1.82) is 0 Å². The standard InChI is InChI=1S/C20H25N5O3S/c1-29(27,28)18-8-6-17(7-9-18)22-20-21-10-16-12-25(24-19(16)23-20)11-14-2-4-15(13-26)5-3-14/h6-10,12,14-15,26H,2-5,11,13H2,1H3,(H,22,23,24). The number of hydrogen-bond acceptors (Lipinski definition) is 7. The van der Waals surface area contributed by atoms with E-state index in [-0.39, 0.29) is 4.90 Å². The lowest BCUT2D eigenvalue weighted by Gasteiger charge is -2.27. The molecule has 0 spiro atoms. The number of nitrogens with one attached hydrogen (secondary N) is 1. The molecule has 0 aliphatic heterocycles. The van der Waals surface area contributed by atoms with Gasteiger partial charge in [0.15, 0.2) is 15.5 Å². The van der Waals surface area contributed by atoms with Gasteiger partial charge in [-0.1, -0.05) is 0 Å². The van der Waals surface area contributed by atoms with E-state index in [4.69, 9.17) is 0 Å². The predicted octanol–water partition coefficient (Wildman–Crippen LogP) is 2.77. The molecule has 1 aliphatic rings. The molecular weight excluding hydrogens is 390 g/mol. The average Bonchev–Trinajstić information content (AvgIpc) is 3.10. The second-order valence-electron chi connectivity index (χ2n) is 7.81.